The summed E-state index contributed by atoms with van der Waals surface area (Å²) < 4.78 is 1.44. The Morgan fingerprint density at radius 3 is 1.73 bits per heavy atom. The Morgan fingerprint density at radius 2 is 1.19 bits per heavy atom. The molecule has 0 spiro atoms. The van der Waals surface area contributed by atoms with Crippen LogP contribution in [0.4, 0.5) is 0 Å². The minimum Gasteiger partial charge on any atom is -0.282 e. The highest BCUT2D eigenvalue weighted by Gasteiger charge is 2.29. The molecule has 2 saturated heterocycles. The lowest BCUT2D eigenvalue weighted by molar-refractivity contribution is -0.108. The predicted molar refractivity (Wildman–Crippen MR) is 185 cm³/mol. The second-order valence-electron chi connectivity index (χ2n) is 10.1. The average Bonchev–Trinajstić information content (AvgIpc) is 3.52. The van der Waals surface area contributed by atoms with Crippen molar-refractivity contribution < 1.29 is 9.59 Å². The zero-order valence-corrected chi connectivity index (χ0v) is 28.7. The molecule has 0 radical (unpaired) electrons. The molecule has 0 aromatic carbocycles. The smallest absolute Gasteiger partial charge is 0.214 e. The number of thioether (sulfide) groups is 8. The van der Waals surface area contributed by atoms with Crippen LogP contribution in [-0.2, 0) is 9.59 Å². The Balaban J connectivity index is 1.16. The fourth-order valence-corrected chi connectivity index (χ4v) is 16.6. The topological polar surface area (TPSA) is 34.1 Å². The van der Waals surface area contributed by atoms with Crippen LogP contribution in [0.25, 0.3) is 0 Å². The Bertz CT molecular complexity index is 768. The van der Waals surface area contributed by atoms with Crippen LogP contribution >= 0.6 is 94.1 Å². The zero-order chi connectivity index (χ0) is 26.6. The first kappa shape index (κ1) is 33.1. The highest BCUT2D eigenvalue weighted by atomic mass is 32.2. The lowest BCUT2D eigenvalue weighted by Crippen LogP contribution is -2.18. The number of carbonyl (C=O) groups excluding carboxylic acids is 2. The molecular weight excluding hydrogens is 613 g/mol. The number of rotatable bonds is 15. The molecule has 2 heterocycles. The minimum atomic E-state index is 0.153. The molecule has 2 aliphatic heterocycles. The van der Waals surface area contributed by atoms with E-state index in [4.69, 9.17) is 0 Å². The third-order valence-electron chi connectivity index (χ3n) is 6.58. The summed E-state index contributed by atoms with van der Waals surface area (Å²) >= 11 is 15.7. The Kier molecular flexibility index (Phi) is 16.3. The minimum absolute atomic E-state index is 0.153. The molecule has 2 nitrogen and oxygen atoms in total. The number of carbonyl (C=O) groups is 2. The van der Waals surface area contributed by atoms with E-state index in [1.165, 1.54) is 83.7 Å². The summed E-state index contributed by atoms with van der Waals surface area (Å²) in [4.78, 5) is 23.5. The molecule has 3 rings (SSSR count). The summed E-state index contributed by atoms with van der Waals surface area (Å²) in [5.41, 5.74) is 1.34. The largest absolute Gasteiger partial charge is 0.282 e. The Labute approximate surface area is 259 Å². The van der Waals surface area contributed by atoms with E-state index in [0.717, 1.165) is 34.3 Å². The molecule has 10 heteroatoms. The van der Waals surface area contributed by atoms with Crippen LogP contribution in [0.3, 0.4) is 0 Å². The summed E-state index contributed by atoms with van der Waals surface area (Å²) in [7, 11) is 0. The van der Waals surface area contributed by atoms with Crippen LogP contribution in [0.2, 0.25) is 0 Å². The number of hydrogen-bond donors (Lipinski definition) is 0. The van der Waals surface area contributed by atoms with E-state index in [-0.39, 0.29) is 10.2 Å². The fourth-order valence-electron chi connectivity index (χ4n) is 4.35. The molecule has 0 bridgehead atoms. The maximum Gasteiger partial charge on any atom is 0.214 e. The lowest BCUT2D eigenvalue weighted by Gasteiger charge is -2.28. The molecule has 3 fully saturated rings. The first-order valence-electron chi connectivity index (χ1n) is 13.1. The highest BCUT2D eigenvalue weighted by Crippen LogP contribution is 2.43. The molecule has 0 aromatic rings. The van der Waals surface area contributed by atoms with Crippen molar-refractivity contribution in [3.05, 3.63) is 24.3 Å². The molecule has 1 saturated carbocycles. The van der Waals surface area contributed by atoms with Crippen molar-refractivity contribution >= 4 is 104 Å². The molecule has 4 unspecified atom stereocenters. The van der Waals surface area contributed by atoms with E-state index in [9.17, 15) is 9.59 Å². The normalized spacial score (nSPS) is 29.9. The van der Waals surface area contributed by atoms with Gasteiger partial charge in [0.1, 0.15) is 0 Å². The lowest BCUT2D eigenvalue weighted by atomic mass is 9.84. The van der Waals surface area contributed by atoms with E-state index in [1.54, 1.807) is 13.8 Å². The molecule has 3 aliphatic rings. The second-order valence-corrected chi connectivity index (χ2v) is 20.4. The van der Waals surface area contributed by atoms with Gasteiger partial charge in [-0.25, -0.2) is 0 Å². The van der Waals surface area contributed by atoms with Gasteiger partial charge in [-0.05, 0) is 80.4 Å². The van der Waals surface area contributed by atoms with Gasteiger partial charge in [-0.15, -0.1) is 47.0 Å². The third kappa shape index (κ3) is 13.0. The van der Waals surface area contributed by atoms with Gasteiger partial charge in [0.2, 0.25) is 10.2 Å². The molecule has 37 heavy (non-hydrogen) atoms. The SMILES string of the molecule is C=C(C)C(=O)SCCC1CSC(CSCC2CCC(CSCC3SCC(CSC(=O)C(=C)C)S3)CC2)S1. The van der Waals surface area contributed by atoms with Gasteiger partial charge in [-0.2, -0.15) is 23.5 Å². The van der Waals surface area contributed by atoms with Crippen LogP contribution in [0, 0.1) is 11.8 Å². The molecule has 0 N–H and O–H groups in total. The maximum absolute atomic E-state index is 11.8. The average molecular weight is 655 g/mol. The van der Waals surface area contributed by atoms with Gasteiger partial charge >= 0.3 is 0 Å². The summed E-state index contributed by atoms with van der Waals surface area (Å²) in [5.74, 6) is 11.3. The van der Waals surface area contributed by atoms with Gasteiger partial charge in [-0.1, -0.05) is 36.7 Å². The van der Waals surface area contributed by atoms with Crippen molar-refractivity contribution in [3.8, 4) is 0 Å². The van der Waals surface area contributed by atoms with Crippen LogP contribution in [0.15, 0.2) is 24.3 Å². The molecule has 0 amide bonds. The summed E-state index contributed by atoms with van der Waals surface area (Å²) in [5, 5.41) is 1.63. The van der Waals surface area contributed by atoms with Gasteiger partial charge in [0.05, 0.1) is 9.16 Å². The van der Waals surface area contributed by atoms with E-state index in [2.05, 4.69) is 83.7 Å². The van der Waals surface area contributed by atoms with E-state index in [1.807, 2.05) is 0 Å². The predicted octanol–water partition coefficient (Wildman–Crippen LogP) is 8.67. The van der Waals surface area contributed by atoms with Crippen molar-refractivity contribution in [2.24, 2.45) is 11.8 Å². The van der Waals surface area contributed by atoms with Gasteiger partial charge in [0.15, 0.2) is 0 Å². The Hall–Kier alpha value is 1.62. The van der Waals surface area contributed by atoms with Crippen molar-refractivity contribution in [1.82, 2.24) is 0 Å². The van der Waals surface area contributed by atoms with Crippen molar-refractivity contribution in [3.63, 3.8) is 0 Å². The van der Waals surface area contributed by atoms with Gasteiger partial charge < -0.3 is 0 Å². The van der Waals surface area contributed by atoms with Crippen molar-refractivity contribution in [2.75, 3.05) is 46.0 Å². The highest BCUT2D eigenvalue weighted by molar-refractivity contribution is 8.22. The van der Waals surface area contributed by atoms with E-state index >= 15 is 0 Å². The first-order valence-corrected chi connectivity index (χ1v) is 21.4. The van der Waals surface area contributed by atoms with E-state index < -0.39 is 0 Å². The molecule has 1 aliphatic carbocycles. The first-order chi connectivity index (χ1) is 17.8. The van der Waals surface area contributed by atoms with Gasteiger partial charge in [0, 0.05) is 45.0 Å². The summed E-state index contributed by atoms with van der Waals surface area (Å²) in [6, 6.07) is 0. The third-order valence-corrected chi connectivity index (χ3v) is 19.0. The summed E-state index contributed by atoms with van der Waals surface area (Å²) in [6.45, 7) is 11.1. The van der Waals surface area contributed by atoms with Crippen LogP contribution in [0.5, 0.6) is 0 Å². The van der Waals surface area contributed by atoms with E-state index in [0.29, 0.717) is 26.2 Å². The van der Waals surface area contributed by atoms with Gasteiger partial charge in [-0.3, -0.25) is 9.59 Å². The quantitative estimate of drug-likeness (QED) is 0.160. The van der Waals surface area contributed by atoms with Gasteiger partial charge in [0.25, 0.3) is 0 Å². The van der Waals surface area contributed by atoms with Crippen LogP contribution in [0.1, 0.15) is 46.0 Å². The molecular formula is C27H42O2S8. The van der Waals surface area contributed by atoms with Crippen molar-refractivity contribution in [1.29, 1.82) is 0 Å². The molecule has 210 valence electrons. The second kappa shape index (κ2) is 18.2. The van der Waals surface area contributed by atoms with Crippen LogP contribution in [-0.4, -0.2) is 75.9 Å². The summed E-state index contributed by atoms with van der Waals surface area (Å²) in [6.07, 6.45) is 6.81. The standard InChI is InChI=1S/C27H42O2S8/c1-18(2)26(28)32-10-9-22-13-33-24(36-22)16-30-11-20-5-7-21(8-6-20)12-31-17-25-34-14-23(37-25)15-35-27(29)19(3)4/h20-25H,1,3,5-17H2,2,4H3. The zero-order valence-electron chi connectivity index (χ0n) is 22.2. The number of hydrogen-bond acceptors (Lipinski definition) is 10. The van der Waals surface area contributed by atoms with Crippen LogP contribution < -0.4 is 0 Å². The van der Waals surface area contributed by atoms with Crippen molar-refractivity contribution in [2.45, 2.75) is 65.6 Å². The monoisotopic (exact) mass is 654 g/mol. The fraction of sp³-hybridized carbons (Fsp3) is 0.778. The Morgan fingerprint density at radius 1 is 0.703 bits per heavy atom. The molecule has 0 aromatic heterocycles. The molecule has 4 atom stereocenters. The maximum atomic E-state index is 11.8.